The van der Waals surface area contributed by atoms with E-state index in [1.807, 2.05) is 68.4 Å². The van der Waals surface area contributed by atoms with Crippen LogP contribution in [-0.2, 0) is 0 Å². The summed E-state index contributed by atoms with van der Waals surface area (Å²) in [5.41, 5.74) is 0.701. The Kier molecular flexibility index (Phi) is 4.53. The smallest absolute Gasteiger partial charge is 0.179 e. The molecule has 0 saturated heterocycles. The zero-order valence-electron chi connectivity index (χ0n) is 12.0. The van der Waals surface area contributed by atoms with Crippen molar-refractivity contribution >= 4 is 5.78 Å². The second kappa shape index (κ2) is 6.35. The minimum Gasteiger partial charge on any atom is -0.457 e. The van der Waals surface area contributed by atoms with Gasteiger partial charge in [0.1, 0.15) is 11.5 Å². The number of Topliss-reactive ketones (excluding diaryl/α,β-unsaturated/α-hetero) is 1. The molecule has 20 heavy (non-hydrogen) atoms. The van der Waals surface area contributed by atoms with E-state index in [1.54, 1.807) is 12.1 Å². The number of ether oxygens (including phenoxy) is 1. The van der Waals surface area contributed by atoms with Crippen molar-refractivity contribution in [1.29, 1.82) is 0 Å². The van der Waals surface area contributed by atoms with E-state index >= 15 is 0 Å². The Morgan fingerprint density at radius 3 is 2.05 bits per heavy atom. The summed E-state index contributed by atoms with van der Waals surface area (Å²) in [6, 6.07) is 16.7. The van der Waals surface area contributed by atoms with Crippen LogP contribution < -0.4 is 4.74 Å². The van der Waals surface area contributed by atoms with Crippen LogP contribution >= 0.6 is 0 Å². The molecule has 0 fully saturated rings. The molecular formula is C17H19NO2. The van der Waals surface area contributed by atoms with Crippen LogP contribution in [0.25, 0.3) is 0 Å². The van der Waals surface area contributed by atoms with E-state index < -0.39 is 0 Å². The van der Waals surface area contributed by atoms with Gasteiger partial charge < -0.3 is 4.74 Å². The molecule has 1 unspecified atom stereocenters. The quantitative estimate of drug-likeness (QED) is 0.777. The van der Waals surface area contributed by atoms with Crippen molar-refractivity contribution in [2.75, 3.05) is 14.1 Å². The average Bonchev–Trinajstić information content (AvgIpc) is 2.47. The maximum atomic E-state index is 12.2. The summed E-state index contributed by atoms with van der Waals surface area (Å²) in [4.78, 5) is 14.1. The summed E-state index contributed by atoms with van der Waals surface area (Å²) >= 11 is 0. The third-order valence-electron chi connectivity index (χ3n) is 3.27. The molecule has 2 rings (SSSR count). The predicted octanol–water partition coefficient (Wildman–Crippen LogP) is 3.61. The first kappa shape index (κ1) is 14.3. The highest BCUT2D eigenvalue weighted by Crippen LogP contribution is 2.21. The number of hydrogen-bond donors (Lipinski definition) is 0. The fourth-order valence-corrected chi connectivity index (χ4v) is 1.79. The van der Waals surface area contributed by atoms with Crippen LogP contribution in [0.2, 0.25) is 0 Å². The Morgan fingerprint density at radius 2 is 1.50 bits per heavy atom. The Hall–Kier alpha value is -2.13. The molecule has 0 N–H and O–H groups in total. The molecule has 0 bridgehead atoms. The highest BCUT2D eigenvalue weighted by Gasteiger charge is 2.16. The number of nitrogens with zero attached hydrogens (tertiary/aromatic N) is 1. The maximum absolute atomic E-state index is 12.2. The van der Waals surface area contributed by atoms with Gasteiger partial charge in [-0.2, -0.15) is 0 Å². The molecule has 0 heterocycles. The van der Waals surface area contributed by atoms with Crippen LogP contribution in [0, 0.1) is 0 Å². The number of para-hydroxylation sites is 1. The predicted molar refractivity (Wildman–Crippen MR) is 80.4 cm³/mol. The van der Waals surface area contributed by atoms with Crippen molar-refractivity contribution < 1.29 is 9.53 Å². The molecule has 1 atom stereocenters. The van der Waals surface area contributed by atoms with Gasteiger partial charge in [0.2, 0.25) is 0 Å². The second-order valence-corrected chi connectivity index (χ2v) is 4.94. The Bertz CT molecular complexity index is 561. The van der Waals surface area contributed by atoms with Gasteiger partial charge in [0.25, 0.3) is 0 Å². The Morgan fingerprint density at radius 1 is 0.950 bits per heavy atom. The highest BCUT2D eigenvalue weighted by atomic mass is 16.5. The first-order chi connectivity index (χ1) is 9.58. The van der Waals surface area contributed by atoms with E-state index in [4.69, 9.17) is 4.74 Å². The lowest BCUT2D eigenvalue weighted by atomic mass is 10.0. The van der Waals surface area contributed by atoms with Gasteiger partial charge in [-0.3, -0.25) is 9.69 Å². The SMILES string of the molecule is CC(C(=O)c1ccc(Oc2ccccc2)cc1)N(C)C. The molecule has 0 aliphatic carbocycles. The van der Waals surface area contributed by atoms with Gasteiger partial charge in [-0.25, -0.2) is 0 Å². The van der Waals surface area contributed by atoms with E-state index in [0.717, 1.165) is 11.5 Å². The molecule has 2 aromatic rings. The standard InChI is InChI=1S/C17H19NO2/c1-13(18(2)3)17(19)14-9-11-16(12-10-14)20-15-7-5-4-6-8-15/h4-13H,1-3H3. The molecule has 0 aromatic heterocycles. The van der Waals surface area contributed by atoms with E-state index in [2.05, 4.69) is 0 Å². The van der Waals surface area contributed by atoms with Crippen LogP contribution in [0.15, 0.2) is 54.6 Å². The van der Waals surface area contributed by atoms with E-state index in [-0.39, 0.29) is 11.8 Å². The van der Waals surface area contributed by atoms with Crippen molar-refractivity contribution in [2.45, 2.75) is 13.0 Å². The van der Waals surface area contributed by atoms with Crippen LogP contribution in [-0.4, -0.2) is 30.8 Å². The molecule has 0 radical (unpaired) electrons. The monoisotopic (exact) mass is 269 g/mol. The number of benzene rings is 2. The van der Waals surface area contributed by atoms with E-state index in [1.165, 1.54) is 0 Å². The lowest BCUT2D eigenvalue weighted by Gasteiger charge is -2.18. The molecule has 2 aromatic carbocycles. The number of rotatable bonds is 5. The minimum atomic E-state index is -0.129. The minimum absolute atomic E-state index is 0.112. The van der Waals surface area contributed by atoms with Crippen LogP contribution in [0.5, 0.6) is 11.5 Å². The van der Waals surface area contributed by atoms with Gasteiger partial charge in [0, 0.05) is 5.56 Å². The van der Waals surface area contributed by atoms with Crippen molar-refractivity contribution in [3.8, 4) is 11.5 Å². The zero-order valence-corrected chi connectivity index (χ0v) is 12.0. The van der Waals surface area contributed by atoms with Crippen molar-refractivity contribution in [1.82, 2.24) is 4.90 Å². The van der Waals surface area contributed by atoms with Gasteiger partial charge in [0.05, 0.1) is 6.04 Å². The van der Waals surface area contributed by atoms with Gasteiger partial charge in [-0.05, 0) is 57.4 Å². The Balaban J connectivity index is 2.09. The fourth-order valence-electron chi connectivity index (χ4n) is 1.79. The van der Waals surface area contributed by atoms with Gasteiger partial charge in [0.15, 0.2) is 5.78 Å². The number of carbonyl (C=O) groups excluding carboxylic acids is 1. The van der Waals surface area contributed by atoms with Gasteiger partial charge in [-0.1, -0.05) is 18.2 Å². The summed E-state index contributed by atoms with van der Waals surface area (Å²) in [5.74, 6) is 1.62. The fraction of sp³-hybridized carbons (Fsp3) is 0.235. The summed E-state index contributed by atoms with van der Waals surface area (Å²) in [7, 11) is 3.80. The summed E-state index contributed by atoms with van der Waals surface area (Å²) in [6.45, 7) is 1.90. The molecular weight excluding hydrogens is 250 g/mol. The summed E-state index contributed by atoms with van der Waals surface area (Å²) in [5, 5.41) is 0. The lowest BCUT2D eigenvalue weighted by molar-refractivity contribution is 0.0890. The average molecular weight is 269 g/mol. The third-order valence-corrected chi connectivity index (χ3v) is 3.27. The first-order valence-electron chi connectivity index (χ1n) is 6.61. The lowest BCUT2D eigenvalue weighted by Crippen LogP contribution is -2.32. The maximum Gasteiger partial charge on any atom is 0.179 e. The number of ketones is 1. The topological polar surface area (TPSA) is 29.5 Å². The number of hydrogen-bond acceptors (Lipinski definition) is 3. The molecule has 3 heteroatoms. The summed E-state index contributed by atoms with van der Waals surface area (Å²) in [6.07, 6.45) is 0. The van der Waals surface area contributed by atoms with E-state index in [9.17, 15) is 4.79 Å². The molecule has 0 amide bonds. The molecule has 0 spiro atoms. The third kappa shape index (κ3) is 3.45. The number of carbonyl (C=O) groups is 1. The summed E-state index contributed by atoms with van der Waals surface area (Å²) < 4.78 is 5.70. The van der Waals surface area contributed by atoms with Gasteiger partial charge >= 0.3 is 0 Å². The highest BCUT2D eigenvalue weighted by molar-refractivity contribution is 5.99. The molecule has 104 valence electrons. The van der Waals surface area contributed by atoms with Crippen molar-refractivity contribution in [2.24, 2.45) is 0 Å². The molecule has 0 aliphatic heterocycles. The van der Waals surface area contributed by atoms with Crippen LogP contribution in [0.1, 0.15) is 17.3 Å². The second-order valence-electron chi connectivity index (χ2n) is 4.94. The zero-order chi connectivity index (χ0) is 14.5. The Labute approximate surface area is 119 Å². The van der Waals surface area contributed by atoms with Crippen LogP contribution in [0.3, 0.4) is 0 Å². The molecule has 0 aliphatic rings. The molecule has 0 saturated carbocycles. The van der Waals surface area contributed by atoms with E-state index in [0.29, 0.717) is 5.56 Å². The van der Waals surface area contributed by atoms with Gasteiger partial charge in [-0.15, -0.1) is 0 Å². The largest absolute Gasteiger partial charge is 0.457 e. The normalized spacial score (nSPS) is 12.2. The number of likely N-dealkylation sites (N-methyl/N-ethyl adjacent to an activating group) is 1. The molecule has 3 nitrogen and oxygen atoms in total. The first-order valence-corrected chi connectivity index (χ1v) is 6.61. The van der Waals surface area contributed by atoms with Crippen LogP contribution in [0.4, 0.5) is 0 Å². The van der Waals surface area contributed by atoms with Crippen molar-refractivity contribution in [3.63, 3.8) is 0 Å². The van der Waals surface area contributed by atoms with Crippen molar-refractivity contribution in [3.05, 3.63) is 60.2 Å².